The van der Waals surface area contributed by atoms with E-state index in [0.717, 1.165) is 31.4 Å². The van der Waals surface area contributed by atoms with Crippen LogP contribution in [0.15, 0.2) is 30.3 Å². The van der Waals surface area contributed by atoms with E-state index < -0.39 is 0 Å². The van der Waals surface area contributed by atoms with Gasteiger partial charge in [0.1, 0.15) is 0 Å². The Morgan fingerprint density at radius 1 is 1.22 bits per heavy atom. The molecule has 4 heteroatoms. The predicted octanol–water partition coefficient (Wildman–Crippen LogP) is 2.07. The van der Waals surface area contributed by atoms with Gasteiger partial charge in [0, 0.05) is 6.42 Å². The molecule has 1 aliphatic rings. The van der Waals surface area contributed by atoms with Gasteiger partial charge in [-0.15, -0.1) is 0 Å². The van der Waals surface area contributed by atoms with Gasteiger partial charge in [-0.3, -0.25) is 15.6 Å². The third-order valence-electron chi connectivity index (χ3n) is 3.44. The maximum atomic E-state index is 11.7. The third kappa shape index (κ3) is 3.74. The van der Waals surface area contributed by atoms with Gasteiger partial charge in [0.25, 0.3) is 0 Å². The number of benzene rings is 1. The van der Waals surface area contributed by atoms with Crippen molar-refractivity contribution >= 4 is 11.6 Å². The van der Waals surface area contributed by atoms with Crippen molar-refractivity contribution in [1.82, 2.24) is 5.43 Å². The number of hydrazine groups is 1. The van der Waals surface area contributed by atoms with E-state index in [0.29, 0.717) is 6.42 Å². The molecule has 3 N–H and O–H groups in total. The smallest absolute Gasteiger partial charge is 0.238 e. The van der Waals surface area contributed by atoms with Crippen LogP contribution in [-0.2, 0) is 4.79 Å². The minimum Gasteiger partial charge on any atom is -0.393 e. The summed E-state index contributed by atoms with van der Waals surface area (Å²) in [6, 6.07) is 9.50. The van der Waals surface area contributed by atoms with Crippen LogP contribution in [-0.4, -0.2) is 17.1 Å². The molecule has 1 saturated carbocycles. The summed E-state index contributed by atoms with van der Waals surface area (Å²) in [7, 11) is 0. The Morgan fingerprint density at radius 2 is 1.94 bits per heavy atom. The number of hydrogen-bond acceptors (Lipinski definition) is 3. The van der Waals surface area contributed by atoms with Crippen LogP contribution in [0, 0.1) is 5.92 Å². The fourth-order valence-electron chi connectivity index (χ4n) is 2.38. The maximum absolute atomic E-state index is 11.7. The lowest BCUT2D eigenvalue weighted by Gasteiger charge is -2.26. The van der Waals surface area contributed by atoms with Crippen LogP contribution in [0.1, 0.15) is 32.1 Å². The zero-order valence-corrected chi connectivity index (χ0v) is 10.4. The van der Waals surface area contributed by atoms with Crippen molar-refractivity contribution in [3.63, 3.8) is 0 Å². The summed E-state index contributed by atoms with van der Waals surface area (Å²) < 4.78 is 0. The first kappa shape index (κ1) is 12.9. The SMILES string of the molecule is O=C(C[C@@H]1CCCC[C@@H]1O)NNc1ccccc1. The highest BCUT2D eigenvalue weighted by molar-refractivity contribution is 5.77. The molecule has 0 saturated heterocycles. The van der Waals surface area contributed by atoms with Gasteiger partial charge in [-0.1, -0.05) is 31.0 Å². The molecule has 0 spiro atoms. The molecule has 0 aliphatic heterocycles. The van der Waals surface area contributed by atoms with E-state index >= 15 is 0 Å². The molecule has 1 aromatic rings. The summed E-state index contributed by atoms with van der Waals surface area (Å²) >= 11 is 0. The lowest BCUT2D eigenvalue weighted by Crippen LogP contribution is -2.34. The van der Waals surface area contributed by atoms with Gasteiger partial charge in [0.2, 0.25) is 5.91 Å². The van der Waals surface area contributed by atoms with E-state index in [4.69, 9.17) is 0 Å². The third-order valence-corrected chi connectivity index (χ3v) is 3.44. The monoisotopic (exact) mass is 248 g/mol. The first-order chi connectivity index (χ1) is 8.75. The van der Waals surface area contributed by atoms with Gasteiger partial charge >= 0.3 is 0 Å². The molecule has 1 aliphatic carbocycles. The highest BCUT2D eigenvalue weighted by Crippen LogP contribution is 2.26. The van der Waals surface area contributed by atoms with Crippen LogP contribution in [0.5, 0.6) is 0 Å². The Balaban J connectivity index is 1.75. The Hall–Kier alpha value is -1.55. The summed E-state index contributed by atoms with van der Waals surface area (Å²) in [5.74, 6) is 0.0427. The van der Waals surface area contributed by atoms with E-state index in [1.807, 2.05) is 30.3 Å². The standard InChI is InChI=1S/C14H20N2O2/c17-13-9-5-4-6-11(13)10-14(18)16-15-12-7-2-1-3-8-12/h1-3,7-8,11,13,15,17H,4-6,9-10H2,(H,16,18)/t11-,13-/m0/s1. The second-order valence-electron chi connectivity index (χ2n) is 4.86. The number of amides is 1. The minimum atomic E-state index is -0.318. The van der Waals surface area contributed by atoms with Gasteiger partial charge in [0.15, 0.2) is 0 Å². The van der Waals surface area contributed by atoms with E-state index in [-0.39, 0.29) is 17.9 Å². The second kappa shape index (κ2) is 6.40. The molecule has 1 fully saturated rings. The number of hydrogen-bond donors (Lipinski definition) is 3. The topological polar surface area (TPSA) is 61.4 Å². The number of aliphatic hydroxyl groups excluding tert-OH is 1. The molecule has 0 bridgehead atoms. The molecule has 0 heterocycles. The average Bonchev–Trinajstić information content (AvgIpc) is 2.40. The van der Waals surface area contributed by atoms with E-state index in [1.165, 1.54) is 0 Å². The Kier molecular flexibility index (Phi) is 4.59. The van der Waals surface area contributed by atoms with Crippen molar-refractivity contribution in [3.05, 3.63) is 30.3 Å². The molecule has 18 heavy (non-hydrogen) atoms. The fraction of sp³-hybridized carbons (Fsp3) is 0.500. The molecule has 0 radical (unpaired) electrons. The first-order valence-corrected chi connectivity index (χ1v) is 6.53. The van der Waals surface area contributed by atoms with Crippen molar-refractivity contribution < 1.29 is 9.90 Å². The molecule has 2 rings (SSSR count). The number of aliphatic hydroxyl groups is 1. The molecular formula is C14H20N2O2. The highest BCUT2D eigenvalue weighted by Gasteiger charge is 2.25. The predicted molar refractivity (Wildman–Crippen MR) is 70.8 cm³/mol. The highest BCUT2D eigenvalue weighted by atomic mass is 16.3. The van der Waals surface area contributed by atoms with E-state index in [1.54, 1.807) is 0 Å². The van der Waals surface area contributed by atoms with Crippen LogP contribution in [0.2, 0.25) is 0 Å². The minimum absolute atomic E-state index is 0.0650. The molecule has 1 amide bonds. The number of carbonyl (C=O) groups is 1. The van der Waals surface area contributed by atoms with Gasteiger partial charge in [-0.25, -0.2) is 0 Å². The normalized spacial score (nSPS) is 23.4. The van der Waals surface area contributed by atoms with Gasteiger partial charge in [-0.05, 0) is 30.9 Å². The number of nitrogens with one attached hydrogen (secondary N) is 2. The quantitative estimate of drug-likeness (QED) is 0.715. The number of anilines is 1. The Bertz CT molecular complexity index is 381. The van der Waals surface area contributed by atoms with Gasteiger partial charge in [-0.2, -0.15) is 0 Å². The van der Waals surface area contributed by atoms with Gasteiger partial charge < -0.3 is 5.11 Å². The summed E-state index contributed by atoms with van der Waals surface area (Å²) in [5.41, 5.74) is 6.39. The summed E-state index contributed by atoms with van der Waals surface area (Å²) in [5, 5.41) is 9.80. The summed E-state index contributed by atoms with van der Waals surface area (Å²) in [6.07, 6.45) is 4.02. The summed E-state index contributed by atoms with van der Waals surface area (Å²) in [6.45, 7) is 0. The Labute approximate surface area is 107 Å². The van der Waals surface area contributed by atoms with Crippen molar-refractivity contribution in [2.75, 3.05) is 5.43 Å². The molecule has 4 nitrogen and oxygen atoms in total. The summed E-state index contributed by atoms with van der Waals surface area (Å²) in [4.78, 5) is 11.7. The average molecular weight is 248 g/mol. The van der Waals surface area contributed by atoms with Gasteiger partial charge in [0.05, 0.1) is 11.8 Å². The van der Waals surface area contributed by atoms with Crippen LogP contribution >= 0.6 is 0 Å². The molecule has 0 unspecified atom stereocenters. The molecule has 98 valence electrons. The molecule has 1 aromatic carbocycles. The second-order valence-corrected chi connectivity index (χ2v) is 4.86. The van der Waals surface area contributed by atoms with Crippen LogP contribution in [0.25, 0.3) is 0 Å². The molecule has 0 aromatic heterocycles. The van der Waals surface area contributed by atoms with E-state index in [9.17, 15) is 9.90 Å². The number of para-hydroxylation sites is 1. The van der Waals surface area contributed by atoms with Crippen molar-refractivity contribution in [1.29, 1.82) is 0 Å². The largest absolute Gasteiger partial charge is 0.393 e. The van der Waals surface area contributed by atoms with Crippen molar-refractivity contribution in [3.8, 4) is 0 Å². The van der Waals surface area contributed by atoms with Crippen LogP contribution in [0.4, 0.5) is 5.69 Å². The lowest BCUT2D eigenvalue weighted by atomic mass is 9.84. The molecule has 2 atom stereocenters. The lowest BCUT2D eigenvalue weighted by molar-refractivity contribution is -0.122. The fourth-order valence-corrected chi connectivity index (χ4v) is 2.38. The zero-order chi connectivity index (χ0) is 12.8. The number of carbonyl (C=O) groups excluding carboxylic acids is 1. The Morgan fingerprint density at radius 3 is 2.67 bits per heavy atom. The van der Waals surface area contributed by atoms with Crippen molar-refractivity contribution in [2.45, 2.75) is 38.2 Å². The maximum Gasteiger partial charge on any atom is 0.238 e. The number of rotatable bonds is 4. The van der Waals surface area contributed by atoms with Crippen LogP contribution < -0.4 is 10.9 Å². The van der Waals surface area contributed by atoms with Crippen LogP contribution in [0.3, 0.4) is 0 Å². The van der Waals surface area contributed by atoms with E-state index in [2.05, 4.69) is 10.9 Å². The zero-order valence-electron chi connectivity index (χ0n) is 10.4. The first-order valence-electron chi connectivity index (χ1n) is 6.53. The molecular weight excluding hydrogens is 228 g/mol. The van der Waals surface area contributed by atoms with Crippen molar-refractivity contribution in [2.24, 2.45) is 5.92 Å².